The Morgan fingerprint density at radius 1 is 1.07 bits per heavy atom. The predicted octanol–water partition coefficient (Wildman–Crippen LogP) is 4.95. The van der Waals surface area contributed by atoms with E-state index < -0.39 is 22.9 Å². The van der Waals surface area contributed by atoms with Crippen molar-refractivity contribution in [1.82, 2.24) is 14.9 Å². The van der Waals surface area contributed by atoms with Crippen molar-refractivity contribution in [3.05, 3.63) is 70.8 Å². The van der Waals surface area contributed by atoms with Gasteiger partial charge in [0.2, 0.25) is 5.88 Å². The standard InChI is InChI=1S/C29H31ClFN5O4/c1-28(2)16-34(24-10-5-18(15-32-24)13-25(37)38)11-12-36(28)27(39)22-8-9-23-26(33-22)40-29(3,4)17-35(23)19-6-7-20(30)21(31)14-19/h5-10,14-15H,11-13,16-17H2,1-4H3,(H,37,38). The molecule has 2 aliphatic rings. The van der Waals surface area contributed by atoms with E-state index in [4.69, 9.17) is 21.4 Å². The van der Waals surface area contributed by atoms with Crippen LogP contribution < -0.4 is 14.5 Å². The molecule has 2 aliphatic heterocycles. The molecule has 1 amide bonds. The van der Waals surface area contributed by atoms with Gasteiger partial charge in [0.15, 0.2) is 0 Å². The second kappa shape index (κ2) is 10.2. The number of piperazine rings is 1. The number of anilines is 3. The van der Waals surface area contributed by atoms with Crippen molar-refractivity contribution >= 4 is 40.7 Å². The summed E-state index contributed by atoms with van der Waals surface area (Å²) in [5.74, 6) is -0.597. The number of amides is 1. The van der Waals surface area contributed by atoms with Gasteiger partial charge in [-0.1, -0.05) is 17.7 Å². The van der Waals surface area contributed by atoms with Crippen LogP contribution in [0.15, 0.2) is 48.7 Å². The molecule has 0 spiro atoms. The Morgan fingerprint density at radius 3 is 2.50 bits per heavy atom. The van der Waals surface area contributed by atoms with E-state index in [1.807, 2.05) is 38.7 Å². The largest absolute Gasteiger partial charge is 0.481 e. The van der Waals surface area contributed by atoms with E-state index >= 15 is 0 Å². The van der Waals surface area contributed by atoms with Gasteiger partial charge >= 0.3 is 5.97 Å². The summed E-state index contributed by atoms with van der Waals surface area (Å²) in [5, 5.41) is 9.04. The fourth-order valence-electron chi connectivity index (χ4n) is 5.22. The van der Waals surface area contributed by atoms with Gasteiger partial charge in [0.1, 0.15) is 28.6 Å². The monoisotopic (exact) mass is 567 g/mol. The number of halogens is 2. The number of ether oxygens (including phenoxy) is 1. The van der Waals surface area contributed by atoms with E-state index in [1.54, 1.807) is 35.4 Å². The number of fused-ring (bicyclic) bond motifs is 1. The summed E-state index contributed by atoms with van der Waals surface area (Å²) in [6.07, 6.45) is 1.50. The average molecular weight is 568 g/mol. The molecular weight excluding hydrogens is 537 g/mol. The number of carboxylic acid groups (broad SMARTS) is 1. The lowest BCUT2D eigenvalue weighted by atomic mass is 9.97. The van der Waals surface area contributed by atoms with E-state index in [-0.39, 0.29) is 23.0 Å². The van der Waals surface area contributed by atoms with Crippen LogP contribution in [0.5, 0.6) is 5.88 Å². The molecule has 0 aliphatic carbocycles. The van der Waals surface area contributed by atoms with Crippen LogP contribution in [-0.4, -0.2) is 69.2 Å². The summed E-state index contributed by atoms with van der Waals surface area (Å²) in [7, 11) is 0. The third kappa shape index (κ3) is 5.54. The first kappa shape index (κ1) is 27.6. The molecule has 40 heavy (non-hydrogen) atoms. The third-order valence-corrected chi connectivity index (χ3v) is 7.42. The number of rotatable bonds is 5. The first-order valence-electron chi connectivity index (χ1n) is 13.0. The van der Waals surface area contributed by atoms with Crippen LogP contribution in [0.25, 0.3) is 0 Å². The van der Waals surface area contributed by atoms with Crippen molar-refractivity contribution in [3.63, 3.8) is 0 Å². The molecule has 5 rings (SSSR count). The summed E-state index contributed by atoms with van der Waals surface area (Å²) >= 11 is 5.90. The highest BCUT2D eigenvalue weighted by Gasteiger charge is 2.39. The Hall–Kier alpha value is -3.92. The normalized spacial score (nSPS) is 17.7. The van der Waals surface area contributed by atoms with E-state index in [2.05, 4.69) is 14.9 Å². The van der Waals surface area contributed by atoms with E-state index in [0.717, 1.165) is 5.82 Å². The highest BCUT2D eigenvalue weighted by Crippen LogP contribution is 2.41. The number of benzene rings is 1. The first-order chi connectivity index (χ1) is 18.8. The molecule has 0 saturated carbocycles. The van der Waals surface area contributed by atoms with Crippen molar-refractivity contribution < 1.29 is 23.8 Å². The minimum absolute atomic E-state index is 0.0456. The highest BCUT2D eigenvalue weighted by atomic mass is 35.5. The Morgan fingerprint density at radius 2 is 1.85 bits per heavy atom. The van der Waals surface area contributed by atoms with Crippen molar-refractivity contribution in [2.24, 2.45) is 0 Å². The molecule has 1 aromatic carbocycles. The molecule has 3 aromatic rings. The first-order valence-corrected chi connectivity index (χ1v) is 13.4. The number of carbonyl (C=O) groups excluding carboxylic acids is 1. The molecule has 2 aromatic heterocycles. The van der Waals surface area contributed by atoms with Crippen LogP contribution in [-0.2, 0) is 11.2 Å². The number of aliphatic carboxylic acids is 1. The van der Waals surface area contributed by atoms with Crippen molar-refractivity contribution in [1.29, 1.82) is 0 Å². The van der Waals surface area contributed by atoms with Gasteiger partial charge in [-0.15, -0.1) is 0 Å². The predicted molar refractivity (Wildman–Crippen MR) is 150 cm³/mol. The van der Waals surface area contributed by atoms with Gasteiger partial charge in [0.05, 0.1) is 23.5 Å². The van der Waals surface area contributed by atoms with Gasteiger partial charge in [-0.2, -0.15) is 0 Å². The SMILES string of the molecule is CC1(C)CN(c2ccc(Cl)c(F)c2)c2ccc(C(=O)N3CCN(c4ccc(CC(=O)O)cn4)CC3(C)C)nc2O1. The quantitative estimate of drug-likeness (QED) is 0.462. The molecule has 9 nitrogen and oxygen atoms in total. The molecule has 1 saturated heterocycles. The smallest absolute Gasteiger partial charge is 0.307 e. The maximum absolute atomic E-state index is 14.3. The summed E-state index contributed by atoms with van der Waals surface area (Å²) in [6.45, 7) is 9.81. The molecular formula is C29H31ClFN5O4. The molecule has 1 N–H and O–H groups in total. The Balaban J connectivity index is 1.36. The van der Waals surface area contributed by atoms with E-state index in [0.29, 0.717) is 49.0 Å². The zero-order chi connectivity index (χ0) is 28.8. The molecule has 11 heteroatoms. The molecule has 0 bridgehead atoms. The molecule has 210 valence electrons. The minimum atomic E-state index is -0.904. The van der Waals surface area contributed by atoms with Crippen molar-refractivity contribution in [2.45, 2.75) is 45.3 Å². The minimum Gasteiger partial charge on any atom is -0.481 e. The summed E-state index contributed by atoms with van der Waals surface area (Å²) in [5.41, 5.74) is 0.961. The van der Waals surface area contributed by atoms with Gasteiger partial charge in [0, 0.05) is 31.5 Å². The zero-order valence-electron chi connectivity index (χ0n) is 22.8. The fraction of sp³-hybridized carbons (Fsp3) is 0.379. The van der Waals surface area contributed by atoms with Crippen LogP contribution in [0, 0.1) is 5.82 Å². The third-order valence-electron chi connectivity index (χ3n) is 7.11. The number of carbonyl (C=O) groups is 2. The maximum atomic E-state index is 14.3. The van der Waals surface area contributed by atoms with E-state index in [9.17, 15) is 14.0 Å². The average Bonchev–Trinajstić information content (AvgIpc) is 2.88. The number of hydrogen-bond acceptors (Lipinski definition) is 7. The Kier molecular flexibility index (Phi) is 7.08. The number of aromatic nitrogens is 2. The lowest BCUT2D eigenvalue weighted by Gasteiger charge is -2.47. The highest BCUT2D eigenvalue weighted by molar-refractivity contribution is 6.30. The summed E-state index contributed by atoms with van der Waals surface area (Å²) in [4.78, 5) is 39.6. The van der Waals surface area contributed by atoms with Crippen molar-refractivity contribution in [2.75, 3.05) is 36.0 Å². The molecule has 0 radical (unpaired) electrons. The van der Waals surface area contributed by atoms with Crippen LogP contribution >= 0.6 is 11.6 Å². The van der Waals surface area contributed by atoms with Crippen LogP contribution in [0.2, 0.25) is 5.02 Å². The number of hydrogen-bond donors (Lipinski definition) is 1. The molecule has 1 fully saturated rings. The topological polar surface area (TPSA) is 99.1 Å². The zero-order valence-corrected chi connectivity index (χ0v) is 23.6. The number of carboxylic acids is 1. The Bertz CT molecular complexity index is 1460. The number of pyridine rings is 2. The lowest BCUT2D eigenvalue weighted by molar-refractivity contribution is -0.136. The van der Waals surface area contributed by atoms with Gasteiger partial charge in [-0.05, 0) is 69.7 Å². The van der Waals surface area contributed by atoms with Crippen LogP contribution in [0.3, 0.4) is 0 Å². The van der Waals surface area contributed by atoms with Crippen LogP contribution in [0.1, 0.15) is 43.7 Å². The summed E-state index contributed by atoms with van der Waals surface area (Å²) in [6, 6.07) is 11.7. The maximum Gasteiger partial charge on any atom is 0.307 e. The van der Waals surface area contributed by atoms with Gasteiger partial charge < -0.3 is 24.5 Å². The second-order valence-corrected chi connectivity index (χ2v) is 11.8. The van der Waals surface area contributed by atoms with Crippen molar-refractivity contribution in [3.8, 4) is 5.88 Å². The van der Waals surface area contributed by atoms with Gasteiger partial charge in [-0.25, -0.2) is 14.4 Å². The second-order valence-electron chi connectivity index (χ2n) is 11.4. The Labute approximate surface area is 237 Å². The van der Waals surface area contributed by atoms with Gasteiger partial charge in [-0.3, -0.25) is 9.59 Å². The lowest BCUT2D eigenvalue weighted by Crippen LogP contribution is -2.61. The fourth-order valence-corrected chi connectivity index (χ4v) is 5.34. The molecule has 4 heterocycles. The molecule has 0 unspecified atom stereocenters. The number of nitrogens with zero attached hydrogens (tertiary/aromatic N) is 5. The molecule has 0 atom stereocenters. The summed E-state index contributed by atoms with van der Waals surface area (Å²) < 4.78 is 20.4. The van der Waals surface area contributed by atoms with E-state index in [1.165, 1.54) is 12.1 Å². The van der Waals surface area contributed by atoms with Crippen LogP contribution in [0.4, 0.5) is 21.6 Å². The van der Waals surface area contributed by atoms with Gasteiger partial charge in [0.25, 0.3) is 5.91 Å².